The fraction of sp³-hybridized carbons (Fsp3) is 0.600. The van der Waals surface area contributed by atoms with Crippen molar-refractivity contribution in [3.63, 3.8) is 0 Å². The lowest BCUT2D eigenvalue weighted by Crippen LogP contribution is -2.18. The molecule has 4 nitrogen and oxygen atoms in total. The van der Waals surface area contributed by atoms with Crippen molar-refractivity contribution in [2.24, 2.45) is 0 Å². The second kappa shape index (κ2) is 5.07. The lowest BCUT2D eigenvalue weighted by Gasteiger charge is -2.17. The Kier molecular flexibility index (Phi) is 4.27. The van der Waals surface area contributed by atoms with Crippen LogP contribution in [0.2, 0.25) is 0 Å². The van der Waals surface area contributed by atoms with Crippen LogP contribution in [-0.4, -0.2) is 28.2 Å². The van der Waals surface area contributed by atoms with E-state index in [1.54, 1.807) is 6.20 Å². The first-order valence-corrected chi connectivity index (χ1v) is 5.91. The van der Waals surface area contributed by atoms with E-state index in [1.807, 2.05) is 0 Å². The fourth-order valence-corrected chi connectivity index (χ4v) is 1.48. The number of nitrogens with zero attached hydrogens (tertiary/aromatic N) is 2. The van der Waals surface area contributed by atoms with Gasteiger partial charge in [-0.15, -0.1) is 0 Å². The largest absolute Gasteiger partial charge is 0.395 e. The molecule has 0 saturated heterocycles. The summed E-state index contributed by atoms with van der Waals surface area (Å²) in [5.41, 5.74) is -0.0556. The van der Waals surface area contributed by atoms with Crippen molar-refractivity contribution >= 4 is 28.4 Å². The van der Waals surface area contributed by atoms with E-state index in [9.17, 15) is 0 Å². The van der Waals surface area contributed by atoms with Gasteiger partial charge in [-0.25, -0.2) is 9.97 Å². The van der Waals surface area contributed by atoms with Crippen molar-refractivity contribution in [1.82, 2.24) is 9.97 Å². The standard InChI is InChI=1S/C10H16IN3O/c1-10(2,3)9-13-6-7(11)8(14-9)12-4-5-15/h6,15H,4-5H2,1-3H3,(H,12,13,14). The minimum Gasteiger partial charge on any atom is -0.395 e. The van der Waals surface area contributed by atoms with Crippen LogP contribution in [0.15, 0.2) is 6.20 Å². The van der Waals surface area contributed by atoms with Gasteiger partial charge in [0.15, 0.2) is 0 Å². The molecule has 0 aliphatic heterocycles. The molecule has 0 spiro atoms. The second-order valence-corrected chi connectivity index (χ2v) is 5.45. The van der Waals surface area contributed by atoms with Crippen LogP contribution < -0.4 is 5.32 Å². The van der Waals surface area contributed by atoms with Crippen molar-refractivity contribution in [3.8, 4) is 0 Å². The van der Waals surface area contributed by atoms with Crippen molar-refractivity contribution in [3.05, 3.63) is 15.6 Å². The van der Waals surface area contributed by atoms with Crippen LogP contribution in [-0.2, 0) is 5.41 Å². The number of aliphatic hydroxyl groups is 1. The van der Waals surface area contributed by atoms with E-state index in [-0.39, 0.29) is 12.0 Å². The number of aliphatic hydroxyl groups excluding tert-OH is 1. The van der Waals surface area contributed by atoms with E-state index in [0.717, 1.165) is 15.2 Å². The SMILES string of the molecule is CC(C)(C)c1ncc(I)c(NCCO)n1. The van der Waals surface area contributed by atoms with Gasteiger partial charge in [-0.3, -0.25) is 0 Å². The van der Waals surface area contributed by atoms with E-state index < -0.39 is 0 Å². The summed E-state index contributed by atoms with van der Waals surface area (Å²) in [5.74, 6) is 1.60. The smallest absolute Gasteiger partial charge is 0.143 e. The molecule has 1 aromatic rings. The summed E-state index contributed by atoms with van der Waals surface area (Å²) in [7, 11) is 0. The van der Waals surface area contributed by atoms with Gasteiger partial charge in [-0.2, -0.15) is 0 Å². The van der Waals surface area contributed by atoms with Gasteiger partial charge in [0, 0.05) is 18.2 Å². The molecule has 0 atom stereocenters. The summed E-state index contributed by atoms with van der Waals surface area (Å²) in [6.45, 7) is 6.84. The lowest BCUT2D eigenvalue weighted by atomic mass is 9.96. The highest BCUT2D eigenvalue weighted by Gasteiger charge is 2.18. The zero-order valence-electron chi connectivity index (χ0n) is 9.21. The van der Waals surface area contributed by atoms with Gasteiger partial charge in [0.25, 0.3) is 0 Å². The highest BCUT2D eigenvalue weighted by Crippen LogP contribution is 2.21. The number of halogens is 1. The van der Waals surface area contributed by atoms with E-state index in [4.69, 9.17) is 5.11 Å². The summed E-state index contributed by atoms with van der Waals surface area (Å²) in [4.78, 5) is 8.74. The molecule has 84 valence electrons. The molecule has 0 saturated carbocycles. The van der Waals surface area contributed by atoms with Crippen molar-refractivity contribution in [2.45, 2.75) is 26.2 Å². The molecular weight excluding hydrogens is 305 g/mol. The Morgan fingerprint density at radius 3 is 2.67 bits per heavy atom. The molecule has 0 aliphatic rings. The number of hydrogen-bond acceptors (Lipinski definition) is 4. The Balaban J connectivity index is 2.95. The highest BCUT2D eigenvalue weighted by atomic mass is 127. The third-order valence-electron chi connectivity index (χ3n) is 1.82. The first-order chi connectivity index (χ1) is 6.95. The Morgan fingerprint density at radius 1 is 1.47 bits per heavy atom. The Hall–Kier alpha value is -0.430. The monoisotopic (exact) mass is 321 g/mol. The molecule has 0 aromatic carbocycles. The first-order valence-electron chi connectivity index (χ1n) is 4.83. The quantitative estimate of drug-likeness (QED) is 0.834. The predicted molar refractivity (Wildman–Crippen MR) is 69.0 cm³/mol. The zero-order valence-corrected chi connectivity index (χ0v) is 11.4. The van der Waals surface area contributed by atoms with E-state index in [1.165, 1.54) is 0 Å². The molecule has 0 amide bonds. The van der Waals surface area contributed by atoms with Crippen molar-refractivity contribution in [1.29, 1.82) is 0 Å². The minimum absolute atomic E-state index is 0.0556. The molecule has 0 bridgehead atoms. The van der Waals surface area contributed by atoms with Gasteiger partial charge in [-0.05, 0) is 22.6 Å². The minimum atomic E-state index is -0.0556. The topological polar surface area (TPSA) is 58.0 Å². The normalized spacial score (nSPS) is 11.5. The Labute approximate surface area is 104 Å². The number of rotatable bonds is 3. The number of hydrogen-bond donors (Lipinski definition) is 2. The van der Waals surface area contributed by atoms with Crippen LogP contribution in [0.1, 0.15) is 26.6 Å². The number of aromatic nitrogens is 2. The second-order valence-electron chi connectivity index (χ2n) is 4.29. The van der Waals surface area contributed by atoms with E-state index in [2.05, 4.69) is 58.6 Å². The Morgan fingerprint density at radius 2 is 2.13 bits per heavy atom. The van der Waals surface area contributed by atoms with Crippen LogP contribution in [0.5, 0.6) is 0 Å². The molecular formula is C10H16IN3O. The average Bonchev–Trinajstić information content (AvgIpc) is 2.15. The first kappa shape index (κ1) is 12.6. The Bertz CT molecular complexity index is 336. The summed E-state index contributed by atoms with van der Waals surface area (Å²) < 4.78 is 0.967. The third-order valence-corrected chi connectivity index (χ3v) is 2.61. The van der Waals surface area contributed by atoms with Crippen LogP contribution >= 0.6 is 22.6 Å². The maximum Gasteiger partial charge on any atom is 0.143 e. The molecule has 0 unspecified atom stereocenters. The lowest BCUT2D eigenvalue weighted by molar-refractivity contribution is 0.311. The summed E-state index contributed by atoms with van der Waals surface area (Å²) in [6, 6.07) is 0. The molecule has 2 N–H and O–H groups in total. The predicted octanol–water partition coefficient (Wildman–Crippen LogP) is 1.78. The fourth-order valence-electron chi connectivity index (χ4n) is 1.03. The van der Waals surface area contributed by atoms with Gasteiger partial charge in [-0.1, -0.05) is 20.8 Å². The highest BCUT2D eigenvalue weighted by molar-refractivity contribution is 14.1. The maximum atomic E-state index is 8.74. The molecule has 1 aromatic heterocycles. The molecule has 0 aliphatic carbocycles. The van der Waals surface area contributed by atoms with Gasteiger partial charge < -0.3 is 10.4 Å². The number of anilines is 1. The molecule has 15 heavy (non-hydrogen) atoms. The molecule has 5 heteroatoms. The third kappa shape index (κ3) is 3.57. The van der Waals surface area contributed by atoms with E-state index >= 15 is 0 Å². The zero-order chi connectivity index (χ0) is 11.5. The van der Waals surface area contributed by atoms with Gasteiger partial charge in [0.1, 0.15) is 11.6 Å². The van der Waals surface area contributed by atoms with Gasteiger partial charge >= 0.3 is 0 Å². The molecule has 1 rings (SSSR count). The molecule has 0 radical (unpaired) electrons. The summed E-state index contributed by atoms with van der Waals surface area (Å²) >= 11 is 2.18. The van der Waals surface area contributed by atoms with Crippen LogP contribution in [0, 0.1) is 3.57 Å². The van der Waals surface area contributed by atoms with Crippen LogP contribution in [0.25, 0.3) is 0 Å². The van der Waals surface area contributed by atoms with Gasteiger partial charge in [0.2, 0.25) is 0 Å². The van der Waals surface area contributed by atoms with E-state index in [0.29, 0.717) is 6.54 Å². The molecule has 1 heterocycles. The van der Waals surface area contributed by atoms with Crippen molar-refractivity contribution in [2.75, 3.05) is 18.5 Å². The summed E-state index contributed by atoms with van der Waals surface area (Å²) in [5, 5.41) is 11.8. The maximum absolute atomic E-state index is 8.74. The number of nitrogens with one attached hydrogen (secondary N) is 1. The van der Waals surface area contributed by atoms with Gasteiger partial charge in [0.05, 0.1) is 10.2 Å². The summed E-state index contributed by atoms with van der Waals surface area (Å²) in [6.07, 6.45) is 1.80. The van der Waals surface area contributed by atoms with Crippen LogP contribution in [0.3, 0.4) is 0 Å². The average molecular weight is 321 g/mol. The van der Waals surface area contributed by atoms with Crippen molar-refractivity contribution < 1.29 is 5.11 Å². The molecule has 0 fully saturated rings. The van der Waals surface area contributed by atoms with Crippen LogP contribution in [0.4, 0.5) is 5.82 Å².